The van der Waals surface area contributed by atoms with E-state index >= 15 is 0 Å². The molecule has 0 aromatic carbocycles. The molecule has 2 rings (SSSR count). The highest BCUT2D eigenvalue weighted by Gasteiger charge is 2.56. The van der Waals surface area contributed by atoms with Gasteiger partial charge < -0.3 is 10.2 Å². The van der Waals surface area contributed by atoms with Crippen LogP contribution in [-0.2, 0) is 4.79 Å². The topological polar surface area (TPSA) is 69.6 Å². The first kappa shape index (κ1) is 7.06. The number of aliphatic carboxylic acids is 1. The molecule has 0 saturated carbocycles. The summed E-state index contributed by atoms with van der Waals surface area (Å²) in [5.74, 6) is -0.912. The number of carboxylic acids is 1. The molecule has 2 fully saturated rings. The zero-order chi connectivity index (χ0) is 8.06. The molecule has 0 aliphatic carbocycles. The van der Waals surface area contributed by atoms with Gasteiger partial charge in [0, 0.05) is 6.04 Å². The van der Waals surface area contributed by atoms with Crippen LogP contribution in [0.5, 0.6) is 0 Å². The van der Waals surface area contributed by atoms with Crippen molar-refractivity contribution in [3.63, 3.8) is 0 Å². The maximum atomic E-state index is 10.8. The van der Waals surface area contributed by atoms with Crippen LogP contribution in [0.1, 0.15) is 19.3 Å². The van der Waals surface area contributed by atoms with Crippen molar-refractivity contribution in [3.8, 4) is 0 Å². The summed E-state index contributed by atoms with van der Waals surface area (Å²) in [5, 5.41) is 21.2. The second-order valence-electron chi connectivity index (χ2n) is 3.41. The molecule has 2 aliphatic heterocycles. The Balaban J connectivity index is 2.29. The summed E-state index contributed by atoms with van der Waals surface area (Å²) < 4.78 is 0. The summed E-state index contributed by atoms with van der Waals surface area (Å²) in [5.41, 5.74) is -1.01. The number of rotatable bonds is 1. The molecule has 2 heterocycles. The normalized spacial score (nSPS) is 48.1. The van der Waals surface area contributed by atoms with Crippen molar-refractivity contribution in [1.82, 2.24) is 5.32 Å². The minimum atomic E-state index is -1.01. The third kappa shape index (κ3) is 0.736. The molecule has 2 aliphatic rings. The van der Waals surface area contributed by atoms with E-state index in [1.54, 1.807) is 0 Å². The maximum Gasteiger partial charge on any atom is 0.326 e. The zero-order valence-corrected chi connectivity index (χ0v) is 6.08. The third-order valence-corrected chi connectivity index (χ3v) is 2.81. The second-order valence-corrected chi connectivity index (χ2v) is 3.41. The molecule has 3 N–H and O–H groups in total. The number of carbonyl (C=O) groups is 1. The minimum absolute atomic E-state index is 0.223. The molecule has 4 nitrogen and oxygen atoms in total. The average Bonchev–Trinajstić information content (AvgIpc) is 2.43. The molecule has 0 radical (unpaired) electrons. The molecule has 62 valence electrons. The number of hydrogen-bond acceptors (Lipinski definition) is 3. The van der Waals surface area contributed by atoms with Gasteiger partial charge in [0.25, 0.3) is 0 Å². The number of aliphatic hydroxyl groups excluding tert-OH is 1. The molecule has 2 saturated heterocycles. The summed E-state index contributed by atoms with van der Waals surface area (Å²) in [6.45, 7) is 0. The Morgan fingerprint density at radius 3 is 2.64 bits per heavy atom. The Labute approximate surface area is 64.2 Å². The number of hydrogen-bond donors (Lipinski definition) is 3. The van der Waals surface area contributed by atoms with Crippen molar-refractivity contribution in [2.75, 3.05) is 0 Å². The van der Waals surface area contributed by atoms with E-state index in [9.17, 15) is 9.90 Å². The summed E-state index contributed by atoms with van der Waals surface area (Å²) in [7, 11) is 0. The average molecular weight is 157 g/mol. The molecular formula is C7H11NO3. The van der Waals surface area contributed by atoms with Gasteiger partial charge in [-0.1, -0.05) is 0 Å². The van der Waals surface area contributed by atoms with Crippen LogP contribution in [-0.4, -0.2) is 33.9 Å². The predicted octanol–water partition coefficient (Wildman–Crippen LogP) is -0.674. The van der Waals surface area contributed by atoms with Crippen molar-refractivity contribution in [3.05, 3.63) is 0 Å². The number of nitrogens with one attached hydrogen (secondary N) is 1. The maximum absolute atomic E-state index is 10.8. The van der Waals surface area contributed by atoms with Gasteiger partial charge in [-0.3, -0.25) is 10.1 Å². The Morgan fingerprint density at radius 2 is 2.36 bits per heavy atom. The molecule has 3 atom stereocenters. The highest BCUT2D eigenvalue weighted by molar-refractivity contribution is 5.81. The number of aliphatic hydroxyl groups is 1. The van der Waals surface area contributed by atoms with E-state index in [1.807, 2.05) is 0 Å². The molecule has 3 unspecified atom stereocenters. The molecule has 4 heteroatoms. The van der Waals surface area contributed by atoms with Crippen molar-refractivity contribution in [2.45, 2.75) is 36.9 Å². The monoisotopic (exact) mass is 157 g/mol. The summed E-state index contributed by atoms with van der Waals surface area (Å²) in [4.78, 5) is 10.8. The molecule has 0 amide bonds. The summed E-state index contributed by atoms with van der Waals surface area (Å²) in [6.07, 6.45) is 1.34. The second kappa shape index (κ2) is 1.95. The molecule has 11 heavy (non-hydrogen) atoms. The lowest BCUT2D eigenvalue weighted by Gasteiger charge is -2.25. The van der Waals surface area contributed by atoms with Crippen molar-refractivity contribution < 1.29 is 15.0 Å². The number of fused-ring (bicyclic) bond motifs is 2. The van der Waals surface area contributed by atoms with E-state index in [0.717, 1.165) is 6.42 Å². The fraction of sp³-hybridized carbons (Fsp3) is 0.857. The predicted molar refractivity (Wildman–Crippen MR) is 37.1 cm³/mol. The highest BCUT2D eigenvalue weighted by atomic mass is 16.4. The Kier molecular flexibility index (Phi) is 1.25. The first-order valence-electron chi connectivity index (χ1n) is 3.84. The smallest absolute Gasteiger partial charge is 0.326 e. The van der Waals surface area contributed by atoms with Crippen LogP contribution in [0.15, 0.2) is 0 Å². The van der Waals surface area contributed by atoms with Crippen LogP contribution in [0.4, 0.5) is 0 Å². The lowest BCUT2D eigenvalue weighted by molar-refractivity contribution is -0.148. The van der Waals surface area contributed by atoms with Gasteiger partial charge in [0.05, 0.1) is 6.10 Å². The third-order valence-electron chi connectivity index (χ3n) is 2.81. The SMILES string of the molecule is O=C(O)C12CCC(CC1O)N2. The van der Waals surface area contributed by atoms with Gasteiger partial charge in [0.15, 0.2) is 0 Å². The molecule has 2 bridgehead atoms. The van der Waals surface area contributed by atoms with Crippen molar-refractivity contribution in [1.29, 1.82) is 0 Å². The lowest BCUT2D eigenvalue weighted by Crippen LogP contribution is -2.52. The molecule has 0 aromatic rings. The van der Waals surface area contributed by atoms with Crippen LogP contribution in [0, 0.1) is 0 Å². The van der Waals surface area contributed by atoms with E-state index in [2.05, 4.69) is 5.32 Å². The van der Waals surface area contributed by atoms with Crippen molar-refractivity contribution >= 4 is 5.97 Å². The van der Waals surface area contributed by atoms with Gasteiger partial charge in [-0.2, -0.15) is 0 Å². The van der Waals surface area contributed by atoms with Gasteiger partial charge in [0.2, 0.25) is 0 Å². The first-order chi connectivity index (χ1) is 5.15. The molecule has 0 aromatic heterocycles. The largest absolute Gasteiger partial charge is 0.480 e. The van der Waals surface area contributed by atoms with Crippen LogP contribution in [0.25, 0.3) is 0 Å². The van der Waals surface area contributed by atoms with Crippen LogP contribution in [0.3, 0.4) is 0 Å². The van der Waals surface area contributed by atoms with Gasteiger partial charge >= 0.3 is 5.97 Å². The van der Waals surface area contributed by atoms with Crippen LogP contribution < -0.4 is 5.32 Å². The van der Waals surface area contributed by atoms with Crippen LogP contribution >= 0.6 is 0 Å². The van der Waals surface area contributed by atoms with E-state index < -0.39 is 17.6 Å². The van der Waals surface area contributed by atoms with Gasteiger partial charge in [0.1, 0.15) is 5.54 Å². The minimum Gasteiger partial charge on any atom is -0.480 e. The molecular weight excluding hydrogens is 146 g/mol. The Morgan fingerprint density at radius 1 is 1.64 bits per heavy atom. The van der Waals surface area contributed by atoms with Gasteiger partial charge in [-0.25, -0.2) is 0 Å². The van der Waals surface area contributed by atoms with Gasteiger partial charge in [-0.15, -0.1) is 0 Å². The van der Waals surface area contributed by atoms with E-state index in [4.69, 9.17) is 5.11 Å². The summed E-state index contributed by atoms with van der Waals surface area (Å²) in [6, 6.07) is 0.223. The fourth-order valence-electron chi connectivity index (χ4n) is 2.13. The summed E-state index contributed by atoms with van der Waals surface area (Å²) >= 11 is 0. The standard InChI is InChI=1S/C7H11NO3/c9-5-3-4-1-2-7(5,8-4)6(10)11/h4-5,8-9H,1-3H2,(H,10,11). The van der Waals surface area contributed by atoms with E-state index in [0.29, 0.717) is 12.8 Å². The Bertz CT molecular complexity index is 206. The zero-order valence-electron chi connectivity index (χ0n) is 6.08. The molecule has 0 spiro atoms. The quantitative estimate of drug-likeness (QED) is 0.472. The Hall–Kier alpha value is -0.610. The van der Waals surface area contributed by atoms with E-state index in [-0.39, 0.29) is 6.04 Å². The van der Waals surface area contributed by atoms with Crippen LogP contribution in [0.2, 0.25) is 0 Å². The first-order valence-corrected chi connectivity index (χ1v) is 3.84. The van der Waals surface area contributed by atoms with Gasteiger partial charge in [-0.05, 0) is 19.3 Å². The fourth-order valence-corrected chi connectivity index (χ4v) is 2.13. The lowest BCUT2D eigenvalue weighted by atomic mass is 9.85. The highest BCUT2D eigenvalue weighted by Crippen LogP contribution is 2.37. The van der Waals surface area contributed by atoms with Crippen molar-refractivity contribution in [2.24, 2.45) is 0 Å². The van der Waals surface area contributed by atoms with E-state index in [1.165, 1.54) is 0 Å². The number of carboxylic acid groups (broad SMARTS) is 1.